The fraction of sp³-hybridized carbons (Fsp3) is 0.625. The Morgan fingerprint density at radius 1 is 1.22 bits per heavy atom. The summed E-state index contributed by atoms with van der Waals surface area (Å²) in [6.07, 6.45) is 11.4. The average Bonchev–Trinajstić information content (AvgIpc) is 2.41. The molecule has 1 unspecified atom stereocenters. The minimum absolute atomic E-state index is 0.154. The molecule has 0 spiro atoms. The summed E-state index contributed by atoms with van der Waals surface area (Å²) in [5, 5.41) is 16.6. The first kappa shape index (κ1) is 22.3. The van der Waals surface area contributed by atoms with Crippen molar-refractivity contribution >= 4 is 0 Å². The predicted octanol–water partition coefficient (Wildman–Crippen LogP) is 4.25. The number of hydrogen-bond donors (Lipinski definition) is 2. The molecule has 0 aliphatic heterocycles. The molecule has 0 aromatic heterocycles. The maximum atomic E-state index is 9.56. The van der Waals surface area contributed by atoms with Crippen molar-refractivity contribution in [1.82, 2.24) is 0 Å². The number of aliphatic hydroxyl groups is 2. The smallest absolute Gasteiger partial charge is 0.0543 e. The molecule has 108 valence electrons. The third-order valence-electron chi connectivity index (χ3n) is 2.10. The van der Waals surface area contributed by atoms with Gasteiger partial charge in [0.25, 0.3) is 0 Å². The van der Waals surface area contributed by atoms with E-state index in [1.165, 1.54) is 5.57 Å². The fourth-order valence-corrected chi connectivity index (χ4v) is 1.40. The first-order valence-electron chi connectivity index (χ1n) is 6.81. The maximum absolute atomic E-state index is 9.56. The standard InChI is InChI=1S/C13H22O.C2H6.CH4O/c1-4-7-12(8-5-2)10-11-13(14)9-6-3;2*1-2/h4-5,7-8,13-14H,1,6,9-11H2,2-3H3;1-2H3;2H,1H3/b8-5-,12-7+;;. The van der Waals surface area contributed by atoms with E-state index < -0.39 is 0 Å². The summed E-state index contributed by atoms with van der Waals surface area (Å²) >= 11 is 0. The zero-order valence-corrected chi connectivity index (χ0v) is 12.8. The van der Waals surface area contributed by atoms with Gasteiger partial charge in [0, 0.05) is 7.11 Å². The van der Waals surface area contributed by atoms with Gasteiger partial charge in [-0.25, -0.2) is 0 Å². The summed E-state index contributed by atoms with van der Waals surface area (Å²) in [4.78, 5) is 0. The molecule has 0 aliphatic carbocycles. The average molecular weight is 256 g/mol. The highest BCUT2D eigenvalue weighted by atomic mass is 16.3. The van der Waals surface area contributed by atoms with Gasteiger partial charge in [-0.15, -0.1) is 0 Å². The van der Waals surface area contributed by atoms with E-state index >= 15 is 0 Å². The van der Waals surface area contributed by atoms with Crippen molar-refractivity contribution in [1.29, 1.82) is 0 Å². The molecule has 2 N–H and O–H groups in total. The Morgan fingerprint density at radius 2 is 1.78 bits per heavy atom. The molecule has 2 heteroatoms. The van der Waals surface area contributed by atoms with Crippen molar-refractivity contribution in [2.24, 2.45) is 0 Å². The van der Waals surface area contributed by atoms with Crippen LogP contribution in [0.2, 0.25) is 0 Å². The number of aliphatic hydroxyl groups excluding tert-OH is 2. The first-order chi connectivity index (χ1) is 8.74. The topological polar surface area (TPSA) is 40.5 Å². The van der Waals surface area contributed by atoms with Crippen LogP contribution in [0.15, 0.2) is 36.5 Å². The second-order valence-corrected chi connectivity index (χ2v) is 3.46. The molecule has 1 atom stereocenters. The Balaban J connectivity index is -0.000000506. The molecular formula is C16H32O2. The van der Waals surface area contributed by atoms with Crippen LogP contribution in [0, 0.1) is 0 Å². The Labute approximate surface area is 114 Å². The molecule has 0 radical (unpaired) electrons. The van der Waals surface area contributed by atoms with Gasteiger partial charge in [-0.3, -0.25) is 0 Å². The minimum Gasteiger partial charge on any atom is -0.400 e. The fourth-order valence-electron chi connectivity index (χ4n) is 1.40. The van der Waals surface area contributed by atoms with E-state index in [4.69, 9.17) is 5.11 Å². The quantitative estimate of drug-likeness (QED) is 0.668. The molecule has 0 rings (SSSR count). The van der Waals surface area contributed by atoms with Crippen LogP contribution in [-0.2, 0) is 0 Å². The summed E-state index contributed by atoms with van der Waals surface area (Å²) in [5.74, 6) is 0. The largest absolute Gasteiger partial charge is 0.400 e. The lowest BCUT2D eigenvalue weighted by Crippen LogP contribution is -2.05. The van der Waals surface area contributed by atoms with Crippen LogP contribution in [0.1, 0.15) is 53.4 Å². The van der Waals surface area contributed by atoms with E-state index in [0.29, 0.717) is 0 Å². The Morgan fingerprint density at radius 3 is 2.17 bits per heavy atom. The Hall–Kier alpha value is -0.860. The summed E-state index contributed by atoms with van der Waals surface area (Å²) in [6.45, 7) is 11.8. The van der Waals surface area contributed by atoms with E-state index in [1.54, 1.807) is 6.08 Å². The van der Waals surface area contributed by atoms with Gasteiger partial charge in [-0.1, -0.05) is 58.1 Å². The van der Waals surface area contributed by atoms with Crippen molar-refractivity contribution < 1.29 is 10.2 Å². The van der Waals surface area contributed by atoms with Gasteiger partial charge in [-0.05, 0) is 31.8 Å². The highest BCUT2D eigenvalue weighted by Gasteiger charge is 2.02. The number of rotatable bonds is 7. The molecule has 0 amide bonds. The van der Waals surface area contributed by atoms with E-state index in [-0.39, 0.29) is 6.10 Å². The van der Waals surface area contributed by atoms with Gasteiger partial charge < -0.3 is 10.2 Å². The molecule has 18 heavy (non-hydrogen) atoms. The van der Waals surface area contributed by atoms with Gasteiger partial charge >= 0.3 is 0 Å². The highest BCUT2D eigenvalue weighted by Crippen LogP contribution is 2.12. The maximum Gasteiger partial charge on any atom is 0.0543 e. The van der Waals surface area contributed by atoms with Crippen LogP contribution in [-0.4, -0.2) is 23.4 Å². The van der Waals surface area contributed by atoms with Gasteiger partial charge in [0.1, 0.15) is 0 Å². The number of allylic oxidation sites excluding steroid dienone is 5. The predicted molar refractivity (Wildman–Crippen MR) is 82.7 cm³/mol. The second kappa shape index (κ2) is 21.4. The van der Waals surface area contributed by atoms with E-state index in [2.05, 4.69) is 19.6 Å². The molecule has 0 bridgehead atoms. The second-order valence-electron chi connectivity index (χ2n) is 3.46. The van der Waals surface area contributed by atoms with Crippen molar-refractivity contribution in [3.05, 3.63) is 36.5 Å². The summed E-state index contributed by atoms with van der Waals surface area (Å²) in [5.41, 5.74) is 1.23. The summed E-state index contributed by atoms with van der Waals surface area (Å²) < 4.78 is 0. The molecule has 0 heterocycles. The molecule has 0 saturated carbocycles. The van der Waals surface area contributed by atoms with Crippen LogP contribution in [0.5, 0.6) is 0 Å². The first-order valence-corrected chi connectivity index (χ1v) is 6.81. The van der Waals surface area contributed by atoms with Crippen LogP contribution in [0.4, 0.5) is 0 Å². The molecule has 0 saturated heterocycles. The molecular weight excluding hydrogens is 224 g/mol. The molecule has 0 aliphatic rings. The van der Waals surface area contributed by atoms with E-state index in [9.17, 15) is 5.11 Å². The zero-order chi connectivity index (χ0) is 14.8. The van der Waals surface area contributed by atoms with Crippen LogP contribution >= 0.6 is 0 Å². The molecule has 2 nitrogen and oxygen atoms in total. The van der Waals surface area contributed by atoms with Crippen LogP contribution in [0.25, 0.3) is 0 Å². The Bertz CT molecular complexity index is 205. The van der Waals surface area contributed by atoms with Crippen LogP contribution in [0.3, 0.4) is 0 Å². The summed E-state index contributed by atoms with van der Waals surface area (Å²) in [7, 11) is 1.00. The lowest BCUT2D eigenvalue weighted by Gasteiger charge is -2.08. The van der Waals surface area contributed by atoms with Gasteiger partial charge in [0.2, 0.25) is 0 Å². The van der Waals surface area contributed by atoms with Gasteiger partial charge in [0.05, 0.1) is 6.10 Å². The van der Waals surface area contributed by atoms with E-state index in [0.717, 1.165) is 32.8 Å². The monoisotopic (exact) mass is 256 g/mol. The summed E-state index contributed by atoms with van der Waals surface area (Å²) in [6, 6.07) is 0. The van der Waals surface area contributed by atoms with Gasteiger partial charge in [-0.2, -0.15) is 0 Å². The normalized spacial score (nSPS) is 12.1. The molecule has 0 aromatic rings. The Kier molecular flexibility index (Phi) is 26.6. The van der Waals surface area contributed by atoms with Crippen molar-refractivity contribution in [2.45, 2.75) is 59.5 Å². The molecule has 0 aromatic carbocycles. The number of hydrogen-bond acceptors (Lipinski definition) is 2. The van der Waals surface area contributed by atoms with Gasteiger partial charge in [0.15, 0.2) is 0 Å². The lowest BCUT2D eigenvalue weighted by molar-refractivity contribution is 0.154. The van der Waals surface area contributed by atoms with E-state index in [1.807, 2.05) is 32.9 Å². The zero-order valence-electron chi connectivity index (χ0n) is 12.8. The van der Waals surface area contributed by atoms with Crippen LogP contribution < -0.4 is 0 Å². The molecule has 0 fully saturated rings. The lowest BCUT2D eigenvalue weighted by atomic mass is 10.0. The highest BCUT2D eigenvalue weighted by molar-refractivity contribution is 5.22. The third-order valence-corrected chi connectivity index (χ3v) is 2.10. The van der Waals surface area contributed by atoms with Crippen molar-refractivity contribution in [3.8, 4) is 0 Å². The van der Waals surface area contributed by atoms with Crippen molar-refractivity contribution in [3.63, 3.8) is 0 Å². The SMILES string of the molecule is C=C/C=C(\C=C/C)CCC(O)CCC.CC.CO. The van der Waals surface area contributed by atoms with Crippen molar-refractivity contribution in [2.75, 3.05) is 7.11 Å². The minimum atomic E-state index is -0.154. The third kappa shape index (κ3) is 17.5.